The number of hydrogen-bond donors (Lipinski definition) is 0. The molecule has 0 atom stereocenters. The van der Waals surface area contributed by atoms with Gasteiger partial charge in [-0.25, -0.2) is 29.0 Å². The number of rotatable bonds is 11. The molecule has 0 spiro atoms. The number of pyridine rings is 2. The average Bonchev–Trinajstić information content (AvgIpc) is 3.95. The first-order valence-corrected chi connectivity index (χ1v) is 19.2. The Morgan fingerprint density at radius 1 is 0.417 bits per heavy atom. The van der Waals surface area contributed by atoms with Gasteiger partial charge in [0, 0.05) is 35.9 Å². The van der Waals surface area contributed by atoms with Crippen LogP contribution in [0.5, 0.6) is 11.5 Å². The molecule has 12 nitrogen and oxygen atoms in total. The fraction of sp³-hybridized carbons (Fsp3) is 0.0417. The maximum Gasteiger partial charge on any atom is 0.267 e. The Hall–Kier alpha value is -8.38. The predicted octanol–water partition coefficient (Wildman–Crippen LogP) is 10.1. The molecule has 10 aromatic rings. The Kier molecular flexibility index (Phi) is 9.31. The number of para-hydroxylation sites is 2. The van der Waals surface area contributed by atoms with Gasteiger partial charge >= 0.3 is 0 Å². The molecule has 0 aliphatic carbocycles. The molecule has 0 saturated carbocycles. The first-order chi connectivity index (χ1) is 29.7. The van der Waals surface area contributed by atoms with Crippen LogP contribution >= 0.6 is 0 Å². The van der Waals surface area contributed by atoms with Crippen LogP contribution in [0, 0.1) is 0 Å². The van der Waals surface area contributed by atoms with E-state index in [2.05, 4.69) is 34.2 Å². The summed E-state index contributed by atoms with van der Waals surface area (Å²) in [6.45, 7) is 0. The molecule has 60 heavy (non-hydrogen) atoms. The summed E-state index contributed by atoms with van der Waals surface area (Å²) in [5, 5.41) is 14.4. The SMILES string of the molecule is COc1ccccc1-c1ccc2cnc(N(c3ccc(-c4cccnc4)cc3)N(c3ccc(-c4cccnc4)cc3)c3ncc4ccc(-c5ccccc5OC)n4n3)nn12. The molecule has 0 amide bonds. The van der Waals surface area contributed by atoms with Crippen LogP contribution in [0.4, 0.5) is 23.3 Å². The highest BCUT2D eigenvalue weighted by atomic mass is 16.5. The molecule has 0 fully saturated rings. The molecule has 0 unspecified atom stereocenters. The quantitative estimate of drug-likeness (QED) is 0.118. The van der Waals surface area contributed by atoms with Crippen molar-refractivity contribution in [3.05, 3.63) is 183 Å². The van der Waals surface area contributed by atoms with Crippen LogP contribution in [0.3, 0.4) is 0 Å². The Bertz CT molecular complexity index is 2870. The van der Waals surface area contributed by atoms with Crippen LogP contribution in [-0.4, -0.2) is 53.4 Å². The molecule has 0 aliphatic rings. The molecule has 10 rings (SSSR count). The second-order valence-corrected chi connectivity index (χ2v) is 13.8. The fourth-order valence-electron chi connectivity index (χ4n) is 7.40. The molecule has 6 heterocycles. The number of nitrogens with zero attached hydrogens (tertiary/aromatic N) is 10. The monoisotopic (exact) mass is 784 g/mol. The highest BCUT2D eigenvalue weighted by molar-refractivity contribution is 5.78. The van der Waals surface area contributed by atoms with Crippen molar-refractivity contribution in [3.8, 4) is 56.3 Å². The summed E-state index contributed by atoms with van der Waals surface area (Å²) < 4.78 is 15.3. The molecule has 0 aliphatic heterocycles. The van der Waals surface area contributed by atoms with Gasteiger partial charge in [-0.05, 0) is 107 Å². The molecular weight excluding hydrogens is 749 g/mol. The highest BCUT2D eigenvalue weighted by Gasteiger charge is 2.28. The lowest BCUT2D eigenvalue weighted by molar-refractivity contribution is 0.416. The molecule has 0 saturated heterocycles. The lowest BCUT2D eigenvalue weighted by Gasteiger charge is -2.34. The molecule has 290 valence electrons. The van der Waals surface area contributed by atoms with E-state index in [1.807, 2.05) is 165 Å². The van der Waals surface area contributed by atoms with E-state index in [1.54, 1.807) is 26.6 Å². The highest BCUT2D eigenvalue weighted by Crippen LogP contribution is 2.38. The number of aromatic nitrogens is 8. The minimum atomic E-state index is 0.362. The van der Waals surface area contributed by atoms with Gasteiger partial charge < -0.3 is 9.47 Å². The third-order valence-electron chi connectivity index (χ3n) is 10.3. The lowest BCUT2D eigenvalue weighted by Crippen LogP contribution is -2.38. The third kappa shape index (κ3) is 6.57. The summed E-state index contributed by atoms with van der Waals surface area (Å²) in [6.07, 6.45) is 10.9. The van der Waals surface area contributed by atoms with E-state index in [4.69, 9.17) is 29.6 Å². The first kappa shape index (κ1) is 36.0. The Balaban J connectivity index is 1.20. The maximum atomic E-state index is 5.78. The summed E-state index contributed by atoms with van der Waals surface area (Å²) in [4.78, 5) is 18.7. The second-order valence-electron chi connectivity index (χ2n) is 13.8. The van der Waals surface area contributed by atoms with E-state index in [-0.39, 0.29) is 0 Å². The van der Waals surface area contributed by atoms with E-state index in [0.29, 0.717) is 11.9 Å². The summed E-state index contributed by atoms with van der Waals surface area (Å²) in [5.74, 6) is 2.19. The van der Waals surface area contributed by atoms with Crippen LogP contribution in [0.15, 0.2) is 183 Å². The van der Waals surface area contributed by atoms with Crippen molar-refractivity contribution in [2.75, 3.05) is 24.2 Å². The Morgan fingerprint density at radius 3 is 1.25 bits per heavy atom. The molecule has 6 aromatic heterocycles. The fourth-order valence-corrected chi connectivity index (χ4v) is 7.40. The van der Waals surface area contributed by atoms with Crippen LogP contribution < -0.4 is 19.5 Å². The standard InChI is InChI=1S/C48H36N10O2/c1-59-45-13-5-3-11-41(45)43-25-23-39-31-51-47(53-55(39)43)57(37-19-15-33(16-20-37)35-9-7-27-49-29-35)58(38-21-17-34(18-22-38)36-10-8-28-50-30-36)48-52-32-40-24-26-44(56(40)54-48)42-12-4-6-14-46(42)60-2/h3-32H,1-2H3. The van der Waals surface area contributed by atoms with E-state index >= 15 is 0 Å². The number of anilines is 4. The van der Waals surface area contributed by atoms with Crippen molar-refractivity contribution in [3.63, 3.8) is 0 Å². The smallest absolute Gasteiger partial charge is 0.267 e. The van der Waals surface area contributed by atoms with Gasteiger partial charge in [-0.15, -0.1) is 10.2 Å². The number of benzene rings is 4. The number of hydrogen-bond acceptors (Lipinski definition) is 10. The van der Waals surface area contributed by atoms with Crippen molar-refractivity contribution < 1.29 is 9.47 Å². The number of fused-ring (bicyclic) bond motifs is 2. The minimum absolute atomic E-state index is 0.362. The number of ether oxygens (including phenoxy) is 2. The zero-order chi connectivity index (χ0) is 40.4. The van der Waals surface area contributed by atoms with Crippen molar-refractivity contribution in [1.82, 2.24) is 39.2 Å². The van der Waals surface area contributed by atoms with Gasteiger partial charge in [-0.1, -0.05) is 60.7 Å². The summed E-state index contributed by atoms with van der Waals surface area (Å²) in [5.41, 5.74) is 10.6. The van der Waals surface area contributed by atoms with Crippen molar-refractivity contribution in [2.24, 2.45) is 0 Å². The summed E-state index contributed by atoms with van der Waals surface area (Å²) >= 11 is 0. The van der Waals surface area contributed by atoms with Gasteiger partial charge in [0.15, 0.2) is 0 Å². The van der Waals surface area contributed by atoms with E-state index in [1.165, 1.54) is 0 Å². The Morgan fingerprint density at radius 2 is 0.850 bits per heavy atom. The second kappa shape index (κ2) is 15.5. The van der Waals surface area contributed by atoms with Gasteiger partial charge in [-0.3, -0.25) is 9.97 Å². The normalized spacial score (nSPS) is 11.2. The maximum absolute atomic E-state index is 5.78. The van der Waals surface area contributed by atoms with Gasteiger partial charge in [-0.2, -0.15) is 0 Å². The van der Waals surface area contributed by atoms with Gasteiger partial charge in [0.05, 0.1) is 60.4 Å². The van der Waals surface area contributed by atoms with Gasteiger partial charge in [0.25, 0.3) is 11.9 Å². The molecule has 0 N–H and O–H groups in total. The van der Waals surface area contributed by atoms with Crippen LogP contribution in [-0.2, 0) is 0 Å². The van der Waals surface area contributed by atoms with Gasteiger partial charge in [0.1, 0.15) is 11.5 Å². The van der Waals surface area contributed by atoms with Crippen LogP contribution in [0.25, 0.3) is 55.8 Å². The van der Waals surface area contributed by atoms with Crippen LogP contribution in [0.1, 0.15) is 0 Å². The predicted molar refractivity (Wildman–Crippen MR) is 234 cm³/mol. The topological polar surface area (TPSA) is 111 Å². The summed E-state index contributed by atoms with van der Waals surface area (Å²) in [7, 11) is 3.34. The van der Waals surface area contributed by atoms with E-state index in [9.17, 15) is 0 Å². The van der Waals surface area contributed by atoms with Crippen molar-refractivity contribution >= 4 is 34.3 Å². The Labute approximate surface area is 345 Å². The molecule has 0 radical (unpaired) electrons. The summed E-state index contributed by atoms with van der Waals surface area (Å²) in [6, 6.07) is 48.2. The zero-order valence-electron chi connectivity index (χ0n) is 32.6. The first-order valence-electron chi connectivity index (χ1n) is 19.2. The average molecular weight is 785 g/mol. The van der Waals surface area contributed by atoms with E-state index in [0.717, 1.165) is 78.7 Å². The molecule has 12 heteroatoms. The number of methoxy groups -OCH3 is 2. The van der Waals surface area contributed by atoms with Crippen molar-refractivity contribution in [2.45, 2.75) is 0 Å². The largest absolute Gasteiger partial charge is 0.496 e. The number of hydrazine groups is 1. The zero-order valence-corrected chi connectivity index (χ0v) is 32.6. The molecular formula is C48H36N10O2. The van der Waals surface area contributed by atoms with E-state index < -0.39 is 0 Å². The third-order valence-corrected chi connectivity index (χ3v) is 10.3. The minimum Gasteiger partial charge on any atom is -0.496 e. The lowest BCUT2D eigenvalue weighted by atomic mass is 10.1. The van der Waals surface area contributed by atoms with Crippen LogP contribution in [0.2, 0.25) is 0 Å². The molecule has 4 aromatic carbocycles. The van der Waals surface area contributed by atoms with Gasteiger partial charge in [0.2, 0.25) is 0 Å². The van der Waals surface area contributed by atoms with Crippen molar-refractivity contribution in [1.29, 1.82) is 0 Å². The molecule has 0 bridgehead atoms.